The SMILES string of the molecule is C=CC=[C-]/C=C\C.CC.CC.N/C(=N\O)N1CC[CH-]CC1.[Y]. The first kappa shape index (κ1) is 29.4. The van der Waals surface area contributed by atoms with Gasteiger partial charge in [-0.3, -0.25) is 0 Å². The van der Waals surface area contributed by atoms with Crippen LogP contribution in [-0.2, 0) is 32.7 Å². The normalized spacial score (nSPS) is 13.7. The molecule has 0 amide bonds. The van der Waals surface area contributed by atoms with Crippen molar-refractivity contribution in [2.24, 2.45) is 10.9 Å². The minimum Gasteiger partial charge on any atom is -0.408 e. The van der Waals surface area contributed by atoms with Gasteiger partial charge in [0.2, 0.25) is 5.96 Å². The quantitative estimate of drug-likeness (QED) is 0.188. The molecule has 1 aliphatic heterocycles. The molecule has 0 atom stereocenters. The average Bonchev–Trinajstić information content (AvgIpc) is 2.59. The van der Waals surface area contributed by atoms with Crippen LogP contribution in [0, 0.1) is 12.5 Å². The van der Waals surface area contributed by atoms with Crippen LogP contribution in [0.15, 0.2) is 36.0 Å². The number of hydrogen-bond donors (Lipinski definition) is 2. The third-order valence-electron chi connectivity index (χ3n) is 2.11. The molecule has 3 N–H and O–H groups in total. The fourth-order valence-corrected chi connectivity index (χ4v) is 1.26. The van der Waals surface area contributed by atoms with E-state index < -0.39 is 0 Å². The summed E-state index contributed by atoms with van der Waals surface area (Å²) in [5, 5.41) is 11.2. The van der Waals surface area contributed by atoms with E-state index in [0.717, 1.165) is 25.9 Å². The van der Waals surface area contributed by atoms with Crippen LogP contribution < -0.4 is 5.73 Å². The van der Waals surface area contributed by atoms with E-state index in [0.29, 0.717) is 0 Å². The van der Waals surface area contributed by atoms with Gasteiger partial charge in [0, 0.05) is 32.7 Å². The Bertz CT molecular complexity index is 284. The van der Waals surface area contributed by atoms with E-state index >= 15 is 0 Å². The van der Waals surface area contributed by atoms with Crippen molar-refractivity contribution >= 4 is 5.96 Å². The van der Waals surface area contributed by atoms with Crippen LogP contribution in [0.25, 0.3) is 0 Å². The third kappa shape index (κ3) is 21.7. The molecule has 1 radical (unpaired) electrons. The molecule has 0 unspecified atom stereocenters. The number of piperidine rings is 1. The maximum absolute atomic E-state index is 8.30. The topological polar surface area (TPSA) is 61.9 Å². The molecule has 1 saturated heterocycles. The standard InChI is InChI=1S/C7H9.C6H12N3O.2C2H6.Y/c1-3-5-7-6-4-2;7-6(8-10)9-4-2-1-3-5-9;2*1-2;/h3-6H,1H2,2H3;1,10H,2-5H2,(H2,7,8);2*1-2H3;/q2*-1;;;/b6-4-;;;;. The number of oxime groups is 1. The third-order valence-corrected chi connectivity index (χ3v) is 2.11. The van der Waals surface area contributed by atoms with E-state index in [9.17, 15) is 0 Å². The van der Waals surface area contributed by atoms with Crippen molar-refractivity contribution in [1.82, 2.24) is 4.90 Å². The molecule has 0 bridgehead atoms. The summed E-state index contributed by atoms with van der Waals surface area (Å²) >= 11 is 0. The van der Waals surface area contributed by atoms with Crippen molar-refractivity contribution in [2.75, 3.05) is 13.1 Å². The van der Waals surface area contributed by atoms with Crippen LogP contribution in [-0.4, -0.2) is 29.2 Å². The molecule has 1 rings (SSSR count). The Morgan fingerprint density at radius 2 is 1.77 bits per heavy atom. The number of allylic oxidation sites excluding steroid dienone is 5. The molecule has 1 heterocycles. The predicted octanol–water partition coefficient (Wildman–Crippen LogP) is 4.15. The van der Waals surface area contributed by atoms with Gasteiger partial charge in [0.15, 0.2) is 0 Å². The van der Waals surface area contributed by atoms with Crippen molar-refractivity contribution in [1.29, 1.82) is 0 Å². The summed E-state index contributed by atoms with van der Waals surface area (Å²) in [6.07, 6.45) is 14.3. The van der Waals surface area contributed by atoms with Gasteiger partial charge in [0.25, 0.3) is 0 Å². The summed E-state index contributed by atoms with van der Waals surface area (Å²) in [6, 6.07) is 0. The Morgan fingerprint density at radius 1 is 1.27 bits per heavy atom. The zero-order valence-corrected chi connectivity index (χ0v) is 17.8. The molecule has 5 heteroatoms. The summed E-state index contributed by atoms with van der Waals surface area (Å²) in [5.41, 5.74) is 5.36. The second kappa shape index (κ2) is 28.5. The molecule has 4 nitrogen and oxygen atoms in total. The van der Waals surface area contributed by atoms with Crippen LogP contribution >= 0.6 is 0 Å². The van der Waals surface area contributed by atoms with Gasteiger partial charge in [-0.25, -0.2) is 0 Å². The maximum Gasteiger partial charge on any atom is 0.233 e. The molecule has 1 fully saturated rings. The van der Waals surface area contributed by atoms with Gasteiger partial charge in [0.1, 0.15) is 0 Å². The number of nitrogens with zero attached hydrogens (tertiary/aromatic N) is 2. The maximum atomic E-state index is 8.30. The fourth-order valence-electron chi connectivity index (χ4n) is 1.26. The van der Waals surface area contributed by atoms with Gasteiger partial charge in [0.05, 0.1) is 0 Å². The van der Waals surface area contributed by atoms with E-state index in [-0.39, 0.29) is 38.7 Å². The average molecular weight is 384 g/mol. The van der Waals surface area contributed by atoms with E-state index in [1.54, 1.807) is 12.2 Å². The van der Waals surface area contributed by atoms with Gasteiger partial charge in [-0.1, -0.05) is 39.8 Å². The summed E-state index contributed by atoms with van der Waals surface area (Å²) in [4.78, 5) is 1.86. The van der Waals surface area contributed by atoms with Crippen molar-refractivity contribution in [2.45, 2.75) is 47.5 Å². The molecule has 0 spiro atoms. The number of hydrogen-bond acceptors (Lipinski definition) is 2. The Kier molecular flexibility index (Phi) is 38.2. The van der Waals surface area contributed by atoms with Crippen molar-refractivity contribution in [3.63, 3.8) is 0 Å². The Hall–Kier alpha value is -0.606. The second-order valence-electron chi connectivity index (χ2n) is 3.38. The number of nitrogens with two attached hydrogens (primary N) is 1. The zero-order valence-electron chi connectivity index (χ0n) is 14.9. The van der Waals surface area contributed by atoms with Gasteiger partial charge >= 0.3 is 0 Å². The molecular weight excluding hydrogens is 351 g/mol. The van der Waals surface area contributed by atoms with Gasteiger partial charge in [-0.15, -0.1) is 0 Å². The van der Waals surface area contributed by atoms with Gasteiger partial charge in [-0.2, -0.15) is 49.8 Å². The molecule has 0 aliphatic carbocycles. The monoisotopic (exact) mass is 384 g/mol. The Labute approximate surface area is 163 Å². The van der Waals surface area contributed by atoms with Crippen molar-refractivity contribution in [3.8, 4) is 0 Å². The number of guanidine groups is 1. The van der Waals surface area contributed by atoms with E-state index in [4.69, 9.17) is 10.9 Å². The Morgan fingerprint density at radius 3 is 2.14 bits per heavy atom. The van der Waals surface area contributed by atoms with Crippen LogP contribution in [0.5, 0.6) is 0 Å². The molecule has 0 saturated carbocycles. The van der Waals surface area contributed by atoms with Crippen LogP contribution in [0.4, 0.5) is 0 Å². The molecule has 0 aromatic heterocycles. The zero-order chi connectivity index (χ0) is 16.9. The number of rotatable bonds is 2. The van der Waals surface area contributed by atoms with Crippen molar-refractivity contribution in [3.05, 3.63) is 43.4 Å². The second-order valence-corrected chi connectivity index (χ2v) is 3.38. The predicted molar refractivity (Wildman–Crippen MR) is 94.0 cm³/mol. The van der Waals surface area contributed by atoms with Gasteiger partial charge < -0.3 is 22.3 Å². The fraction of sp³-hybridized carbons (Fsp3) is 0.529. The molecule has 127 valence electrons. The Balaban J connectivity index is -0.000000120. The molecule has 0 aromatic carbocycles. The van der Waals surface area contributed by atoms with Gasteiger partial charge in [-0.05, 0) is 13.1 Å². The van der Waals surface area contributed by atoms with E-state index in [1.807, 2.05) is 51.7 Å². The smallest absolute Gasteiger partial charge is 0.233 e. The van der Waals surface area contributed by atoms with Crippen LogP contribution in [0.2, 0.25) is 0 Å². The number of likely N-dealkylation sites (tertiary alicyclic amines) is 1. The first-order chi connectivity index (χ1) is 10.3. The van der Waals surface area contributed by atoms with Crippen LogP contribution in [0.1, 0.15) is 47.5 Å². The van der Waals surface area contributed by atoms with Crippen molar-refractivity contribution < 1.29 is 37.9 Å². The van der Waals surface area contributed by atoms with E-state index in [2.05, 4.69) is 24.2 Å². The molecule has 22 heavy (non-hydrogen) atoms. The van der Waals surface area contributed by atoms with E-state index in [1.165, 1.54) is 0 Å². The first-order valence-corrected chi connectivity index (χ1v) is 7.61. The summed E-state index contributed by atoms with van der Waals surface area (Å²) in [5.74, 6) is 0.230. The minimum absolute atomic E-state index is 0. The molecule has 0 aromatic rings. The summed E-state index contributed by atoms with van der Waals surface area (Å²) in [7, 11) is 0. The summed E-state index contributed by atoms with van der Waals surface area (Å²) in [6.45, 7) is 15.2. The molecule has 1 aliphatic rings. The summed E-state index contributed by atoms with van der Waals surface area (Å²) < 4.78 is 0. The largest absolute Gasteiger partial charge is 0.408 e. The minimum atomic E-state index is 0. The van der Waals surface area contributed by atoms with Crippen LogP contribution in [0.3, 0.4) is 0 Å². The first-order valence-electron chi connectivity index (χ1n) is 7.61. The molecular formula is C17H33N3OY-2.